The van der Waals surface area contributed by atoms with E-state index in [9.17, 15) is 4.79 Å². The average molecular weight is 241 g/mol. The summed E-state index contributed by atoms with van der Waals surface area (Å²) in [6.07, 6.45) is 2.67. The highest BCUT2D eigenvalue weighted by molar-refractivity contribution is 7.11. The second-order valence-corrected chi connectivity index (χ2v) is 4.47. The molecule has 16 heavy (non-hydrogen) atoms. The molecule has 2 rings (SSSR count). The molecule has 5 nitrogen and oxygen atoms in total. The molecule has 0 saturated carbocycles. The van der Waals surface area contributed by atoms with Gasteiger partial charge < -0.3 is 15.0 Å². The zero-order valence-corrected chi connectivity index (χ0v) is 10.00. The summed E-state index contributed by atoms with van der Waals surface area (Å²) >= 11 is 1.48. The van der Waals surface area contributed by atoms with Gasteiger partial charge in [0.15, 0.2) is 0 Å². The Kier molecular flexibility index (Phi) is 3.61. The van der Waals surface area contributed by atoms with Gasteiger partial charge in [-0.25, -0.2) is 9.78 Å². The van der Waals surface area contributed by atoms with Crippen molar-refractivity contribution in [2.45, 2.75) is 19.4 Å². The molecule has 1 N–H and O–H groups in total. The number of aromatic nitrogens is 1. The Morgan fingerprint density at radius 3 is 3.38 bits per heavy atom. The van der Waals surface area contributed by atoms with Gasteiger partial charge in [-0.3, -0.25) is 0 Å². The first-order valence-corrected chi connectivity index (χ1v) is 6.26. The number of carbonyl (C=O) groups excluding carboxylic acids is 1. The summed E-state index contributed by atoms with van der Waals surface area (Å²) in [6, 6.07) is -0.00672. The number of nitrogens with one attached hydrogen (secondary N) is 1. The Bertz CT molecular complexity index is 342. The SMILES string of the molecule is CCNC(=O)N1CCC(Oc2nccs2)C1. The molecule has 1 atom stereocenters. The number of carbonyl (C=O) groups is 1. The third-order valence-electron chi connectivity index (χ3n) is 2.44. The number of thiazole rings is 1. The third-order valence-corrected chi connectivity index (χ3v) is 3.10. The molecule has 1 aliphatic heterocycles. The predicted octanol–water partition coefficient (Wildman–Crippen LogP) is 1.33. The summed E-state index contributed by atoms with van der Waals surface area (Å²) in [5.74, 6) is 0. The van der Waals surface area contributed by atoms with Gasteiger partial charge in [0.25, 0.3) is 5.19 Å². The molecule has 1 aromatic rings. The van der Waals surface area contributed by atoms with Crippen molar-refractivity contribution in [2.24, 2.45) is 0 Å². The number of rotatable bonds is 3. The van der Waals surface area contributed by atoms with Crippen LogP contribution in [0.3, 0.4) is 0 Å². The van der Waals surface area contributed by atoms with E-state index in [4.69, 9.17) is 4.74 Å². The fourth-order valence-electron chi connectivity index (χ4n) is 1.68. The summed E-state index contributed by atoms with van der Waals surface area (Å²) in [5.41, 5.74) is 0. The molecule has 0 aliphatic carbocycles. The molecule has 1 saturated heterocycles. The second kappa shape index (κ2) is 5.16. The molecule has 0 radical (unpaired) electrons. The second-order valence-electron chi connectivity index (χ2n) is 3.61. The van der Waals surface area contributed by atoms with Crippen LogP contribution in [0.2, 0.25) is 0 Å². The van der Waals surface area contributed by atoms with Gasteiger partial charge in [0, 0.05) is 31.1 Å². The Balaban J connectivity index is 1.81. The van der Waals surface area contributed by atoms with Crippen LogP contribution >= 0.6 is 11.3 Å². The Morgan fingerprint density at radius 1 is 1.81 bits per heavy atom. The van der Waals surface area contributed by atoms with Crippen LogP contribution in [0, 0.1) is 0 Å². The summed E-state index contributed by atoms with van der Waals surface area (Å²) in [5, 5.41) is 5.35. The van der Waals surface area contributed by atoms with Crippen molar-refractivity contribution in [1.82, 2.24) is 15.2 Å². The van der Waals surface area contributed by atoms with E-state index in [1.165, 1.54) is 11.3 Å². The van der Waals surface area contributed by atoms with Crippen LogP contribution in [0.25, 0.3) is 0 Å². The van der Waals surface area contributed by atoms with Crippen LogP contribution in [0.5, 0.6) is 5.19 Å². The Hall–Kier alpha value is -1.30. The number of hydrogen-bond donors (Lipinski definition) is 1. The van der Waals surface area contributed by atoms with Gasteiger partial charge in [-0.15, -0.1) is 0 Å². The standard InChI is InChI=1S/C10H15N3O2S/c1-2-11-9(14)13-5-3-8(7-13)15-10-12-4-6-16-10/h4,6,8H,2-3,5,7H2,1H3,(H,11,14). The van der Waals surface area contributed by atoms with E-state index in [1.54, 1.807) is 11.1 Å². The topological polar surface area (TPSA) is 54.5 Å². The lowest BCUT2D eigenvalue weighted by Gasteiger charge is -2.16. The minimum Gasteiger partial charge on any atom is -0.465 e. The maximum atomic E-state index is 11.5. The smallest absolute Gasteiger partial charge is 0.317 e. The first-order valence-electron chi connectivity index (χ1n) is 5.38. The van der Waals surface area contributed by atoms with Crippen molar-refractivity contribution >= 4 is 17.4 Å². The van der Waals surface area contributed by atoms with Crippen LogP contribution in [-0.4, -0.2) is 41.7 Å². The Morgan fingerprint density at radius 2 is 2.69 bits per heavy atom. The Labute approximate surface area is 98.4 Å². The molecule has 2 heterocycles. The van der Waals surface area contributed by atoms with Crippen LogP contribution in [0.15, 0.2) is 11.6 Å². The zero-order valence-electron chi connectivity index (χ0n) is 9.18. The minimum absolute atomic E-state index is 0.00672. The lowest BCUT2D eigenvalue weighted by Crippen LogP contribution is -2.39. The number of hydrogen-bond acceptors (Lipinski definition) is 4. The molecule has 1 unspecified atom stereocenters. The van der Waals surface area contributed by atoms with E-state index in [-0.39, 0.29) is 12.1 Å². The molecule has 0 spiro atoms. The minimum atomic E-state index is -0.00672. The first kappa shape index (κ1) is 11.2. The summed E-state index contributed by atoms with van der Waals surface area (Å²) < 4.78 is 5.66. The first-order chi connectivity index (χ1) is 7.79. The van der Waals surface area contributed by atoms with Crippen molar-refractivity contribution in [1.29, 1.82) is 0 Å². The molecular formula is C10H15N3O2S. The number of amides is 2. The van der Waals surface area contributed by atoms with E-state index in [0.29, 0.717) is 18.3 Å². The zero-order chi connectivity index (χ0) is 11.4. The number of nitrogens with zero attached hydrogens (tertiary/aromatic N) is 2. The van der Waals surface area contributed by atoms with Crippen molar-refractivity contribution in [3.63, 3.8) is 0 Å². The number of ether oxygens (including phenoxy) is 1. The predicted molar refractivity (Wildman–Crippen MR) is 61.8 cm³/mol. The summed E-state index contributed by atoms with van der Waals surface area (Å²) in [4.78, 5) is 17.4. The molecule has 1 aromatic heterocycles. The number of urea groups is 1. The molecule has 0 bridgehead atoms. The molecule has 6 heteroatoms. The van der Waals surface area contributed by atoms with E-state index in [2.05, 4.69) is 10.3 Å². The van der Waals surface area contributed by atoms with Crippen molar-refractivity contribution in [3.8, 4) is 5.19 Å². The van der Waals surface area contributed by atoms with Gasteiger partial charge in [0.1, 0.15) is 6.10 Å². The average Bonchev–Trinajstić information content (AvgIpc) is 2.90. The summed E-state index contributed by atoms with van der Waals surface area (Å²) in [6.45, 7) is 3.97. The highest BCUT2D eigenvalue weighted by Crippen LogP contribution is 2.20. The monoisotopic (exact) mass is 241 g/mol. The highest BCUT2D eigenvalue weighted by atomic mass is 32.1. The van der Waals surface area contributed by atoms with Gasteiger partial charge >= 0.3 is 6.03 Å². The lowest BCUT2D eigenvalue weighted by atomic mass is 10.3. The van der Waals surface area contributed by atoms with Crippen molar-refractivity contribution < 1.29 is 9.53 Å². The molecule has 1 aliphatic rings. The van der Waals surface area contributed by atoms with Crippen molar-refractivity contribution in [3.05, 3.63) is 11.6 Å². The van der Waals surface area contributed by atoms with Crippen molar-refractivity contribution in [2.75, 3.05) is 19.6 Å². The molecule has 2 amide bonds. The van der Waals surface area contributed by atoms with Gasteiger partial charge in [-0.1, -0.05) is 11.3 Å². The fraction of sp³-hybridized carbons (Fsp3) is 0.600. The quantitative estimate of drug-likeness (QED) is 0.868. The number of likely N-dealkylation sites (tertiary alicyclic amines) is 1. The van der Waals surface area contributed by atoms with Gasteiger partial charge in [-0.05, 0) is 6.92 Å². The normalized spacial score (nSPS) is 19.8. The van der Waals surface area contributed by atoms with Gasteiger partial charge in [0.2, 0.25) is 0 Å². The lowest BCUT2D eigenvalue weighted by molar-refractivity contribution is 0.187. The largest absolute Gasteiger partial charge is 0.465 e. The fourth-order valence-corrected chi connectivity index (χ4v) is 2.23. The van der Waals surface area contributed by atoms with Crippen LogP contribution in [0.1, 0.15) is 13.3 Å². The van der Waals surface area contributed by atoms with E-state index >= 15 is 0 Å². The molecule has 88 valence electrons. The van der Waals surface area contributed by atoms with Gasteiger partial charge in [-0.2, -0.15) is 0 Å². The summed E-state index contributed by atoms with van der Waals surface area (Å²) in [7, 11) is 0. The third kappa shape index (κ3) is 2.63. The molecule has 1 fully saturated rings. The van der Waals surface area contributed by atoms with Gasteiger partial charge in [0.05, 0.1) is 6.54 Å². The maximum Gasteiger partial charge on any atom is 0.317 e. The van der Waals surface area contributed by atoms with E-state index in [0.717, 1.165) is 13.0 Å². The molecular weight excluding hydrogens is 226 g/mol. The molecule has 0 aromatic carbocycles. The highest BCUT2D eigenvalue weighted by Gasteiger charge is 2.27. The van der Waals surface area contributed by atoms with E-state index in [1.807, 2.05) is 12.3 Å². The van der Waals surface area contributed by atoms with Crippen LogP contribution < -0.4 is 10.1 Å². The van der Waals surface area contributed by atoms with E-state index < -0.39 is 0 Å². The van der Waals surface area contributed by atoms with Crippen LogP contribution in [0.4, 0.5) is 4.79 Å². The maximum absolute atomic E-state index is 11.5. The van der Waals surface area contributed by atoms with Crippen LogP contribution in [-0.2, 0) is 0 Å².